The SMILES string of the molecule is CCOc1ccccc1N(CC(=O)N(Cc1ccccc1Cl)C(CC)C(=O)NC(C)CC)S(=O)(=O)c1ccccc1. The lowest BCUT2D eigenvalue weighted by Crippen LogP contribution is -2.53. The van der Waals surface area contributed by atoms with Crippen LogP contribution in [0, 0.1) is 0 Å². The van der Waals surface area contributed by atoms with Gasteiger partial charge < -0.3 is 15.0 Å². The van der Waals surface area contributed by atoms with Crippen molar-refractivity contribution in [1.29, 1.82) is 0 Å². The number of nitrogens with zero attached hydrogens (tertiary/aromatic N) is 2. The van der Waals surface area contributed by atoms with E-state index in [9.17, 15) is 18.0 Å². The molecular weight excluding hydrogens is 562 g/mol. The van der Waals surface area contributed by atoms with Crippen molar-refractivity contribution in [3.8, 4) is 5.75 Å². The van der Waals surface area contributed by atoms with Gasteiger partial charge in [0.25, 0.3) is 10.0 Å². The van der Waals surface area contributed by atoms with Gasteiger partial charge in [-0.3, -0.25) is 13.9 Å². The molecule has 2 unspecified atom stereocenters. The van der Waals surface area contributed by atoms with Crippen LogP contribution in [0.3, 0.4) is 0 Å². The van der Waals surface area contributed by atoms with Gasteiger partial charge in [0.1, 0.15) is 18.3 Å². The first kappa shape index (κ1) is 32.0. The number of anilines is 1. The Bertz CT molecular complexity index is 1420. The second-order valence-corrected chi connectivity index (χ2v) is 11.8. The topological polar surface area (TPSA) is 96.0 Å². The molecule has 2 atom stereocenters. The second kappa shape index (κ2) is 14.9. The molecule has 0 saturated heterocycles. The summed E-state index contributed by atoms with van der Waals surface area (Å²) in [6.45, 7) is 7.23. The summed E-state index contributed by atoms with van der Waals surface area (Å²) < 4.78 is 34.8. The van der Waals surface area contributed by atoms with E-state index in [1.165, 1.54) is 17.0 Å². The van der Waals surface area contributed by atoms with Crippen LogP contribution < -0.4 is 14.4 Å². The summed E-state index contributed by atoms with van der Waals surface area (Å²) in [5.41, 5.74) is 0.867. The summed E-state index contributed by atoms with van der Waals surface area (Å²) in [6, 6.07) is 20.7. The van der Waals surface area contributed by atoms with E-state index < -0.39 is 28.5 Å². The van der Waals surface area contributed by atoms with Crippen LogP contribution >= 0.6 is 11.6 Å². The van der Waals surface area contributed by atoms with Crippen LogP contribution in [0.1, 0.15) is 46.1 Å². The molecule has 0 saturated carbocycles. The number of amides is 2. The van der Waals surface area contributed by atoms with Crippen LogP contribution in [0.15, 0.2) is 83.8 Å². The fourth-order valence-corrected chi connectivity index (χ4v) is 5.99. The third-order valence-electron chi connectivity index (χ3n) is 6.73. The first-order chi connectivity index (χ1) is 19.6. The Hall–Kier alpha value is -3.56. The van der Waals surface area contributed by atoms with Crippen molar-refractivity contribution in [1.82, 2.24) is 10.2 Å². The Morgan fingerprint density at radius 3 is 2.17 bits per heavy atom. The molecule has 0 radical (unpaired) electrons. The van der Waals surface area contributed by atoms with Gasteiger partial charge in [-0.2, -0.15) is 0 Å². The smallest absolute Gasteiger partial charge is 0.264 e. The molecule has 220 valence electrons. The number of halogens is 1. The van der Waals surface area contributed by atoms with Crippen LogP contribution in [0.25, 0.3) is 0 Å². The van der Waals surface area contributed by atoms with Crippen molar-refractivity contribution in [2.75, 3.05) is 17.5 Å². The van der Waals surface area contributed by atoms with E-state index in [1.807, 2.05) is 20.8 Å². The monoisotopic (exact) mass is 599 g/mol. The summed E-state index contributed by atoms with van der Waals surface area (Å²) in [5.74, 6) is -0.544. The summed E-state index contributed by atoms with van der Waals surface area (Å²) in [4.78, 5) is 29.0. The van der Waals surface area contributed by atoms with E-state index in [-0.39, 0.29) is 29.1 Å². The molecule has 41 heavy (non-hydrogen) atoms. The van der Waals surface area contributed by atoms with Gasteiger partial charge in [-0.1, -0.05) is 74.0 Å². The number of ether oxygens (including phenoxy) is 1. The Morgan fingerprint density at radius 2 is 1.54 bits per heavy atom. The number of nitrogens with one attached hydrogen (secondary N) is 1. The van der Waals surface area contributed by atoms with Crippen LogP contribution in [0.2, 0.25) is 5.02 Å². The lowest BCUT2D eigenvalue weighted by molar-refractivity contribution is -0.140. The Kier molecular flexibility index (Phi) is 11.6. The largest absolute Gasteiger partial charge is 0.492 e. The van der Waals surface area contributed by atoms with Crippen molar-refractivity contribution in [2.24, 2.45) is 0 Å². The van der Waals surface area contributed by atoms with Crippen molar-refractivity contribution in [3.63, 3.8) is 0 Å². The minimum Gasteiger partial charge on any atom is -0.492 e. The molecule has 1 N–H and O–H groups in total. The van der Waals surface area contributed by atoms with Gasteiger partial charge in [0, 0.05) is 17.6 Å². The molecule has 0 spiro atoms. The maximum absolute atomic E-state index is 14.2. The molecule has 8 nitrogen and oxygen atoms in total. The molecule has 0 heterocycles. The number of para-hydroxylation sites is 2. The van der Waals surface area contributed by atoms with Crippen LogP contribution in [0.5, 0.6) is 5.75 Å². The number of sulfonamides is 1. The number of rotatable bonds is 14. The highest BCUT2D eigenvalue weighted by atomic mass is 35.5. The first-order valence-electron chi connectivity index (χ1n) is 13.8. The molecule has 3 aromatic rings. The molecule has 3 rings (SSSR count). The molecular formula is C31H38ClN3O5S. The average Bonchev–Trinajstić information content (AvgIpc) is 2.97. The quantitative estimate of drug-likeness (QED) is 0.258. The molecule has 0 aliphatic carbocycles. The number of hydrogen-bond donors (Lipinski definition) is 1. The maximum Gasteiger partial charge on any atom is 0.264 e. The van der Waals surface area contributed by atoms with E-state index in [2.05, 4.69) is 5.32 Å². The first-order valence-corrected chi connectivity index (χ1v) is 15.6. The molecule has 0 fully saturated rings. The van der Waals surface area contributed by atoms with E-state index in [0.717, 1.165) is 10.7 Å². The van der Waals surface area contributed by atoms with Crippen LogP contribution in [-0.4, -0.2) is 50.4 Å². The number of hydrogen-bond acceptors (Lipinski definition) is 5. The van der Waals surface area contributed by atoms with Crippen LogP contribution in [0.4, 0.5) is 5.69 Å². The van der Waals surface area contributed by atoms with Gasteiger partial charge in [-0.15, -0.1) is 0 Å². The predicted octanol–water partition coefficient (Wildman–Crippen LogP) is 5.66. The van der Waals surface area contributed by atoms with E-state index in [0.29, 0.717) is 29.4 Å². The zero-order chi connectivity index (χ0) is 30.0. The summed E-state index contributed by atoms with van der Waals surface area (Å²) in [5, 5.41) is 3.41. The highest BCUT2D eigenvalue weighted by Gasteiger charge is 2.35. The standard InChI is InChI=1S/C31H38ClN3O5S/c1-5-23(4)33-31(37)27(6-2)34(21-24-15-11-12-18-26(24)32)30(36)22-35(28-19-13-14-20-29(28)40-7-3)41(38,39)25-16-9-8-10-17-25/h8-20,23,27H,5-7,21-22H2,1-4H3,(H,33,37). The van der Waals surface area contributed by atoms with Crippen molar-refractivity contribution in [2.45, 2.75) is 64.1 Å². The van der Waals surface area contributed by atoms with Gasteiger partial charge in [0.2, 0.25) is 11.8 Å². The summed E-state index contributed by atoms with van der Waals surface area (Å²) in [6.07, 6.45) is 1.04. The highest BCUT2D eigenvalue weighted by molar-refractivity contribution is 7.92. The fraction of sp³-hybridized carbons (Fsp3) is 0.355. The van der Waals surface area contributed by atoms with Crippen LogP contribution in [-0.2, 0) is 26.2 Å². The Labute approximate surface area is 248 Å². The minimum absolute atomic E-state index is 0.0251. The Morgan fingerprint density at radius 1 is 0.902 bits per heavy atom. The zero-order valence-corrected chi connectivity index (χ0v) is 25.5. The maximum atomic E-state index is 14.2. The molecule has 2 amide bonds. The summed E-state index contributed by atoms with van der Waals surface area (Å²) >= 11 is 6.46. The van der Waals surface area contributed by atoms with Crippen molar-refractivity contribution < 1.29 is 22.7 Å². The molecule has 0 aliphatic heterocycles. The molecule has 0 aliphatic rings. The van der Waals surface area contributed by atoms with E-state index in [1.54, 1.807) is 73.7 Å². The summed E-state index contributed by atoms with van der Waals surface area (Å²) in [7, 11) is -4.20. The highest BCUT2D eigenvalue weighted by Crippen LogP contribution is 2.33. The Balaban J connectivity index is 2.11. The van der Waals surface area contributed by atoms with Gasteiger partial charge in [-0.25, -0.2) is 8.42 Å². The van der Waals surface area contributed by atoms with Gasteiger partial charge in [0.05, 0.1) is 17.2 Å². The van der Waals surface area contributed by atoms with Crippen molar-refractivity contribution >= 4 is 39.1 Å². The second-order valence-electron chi connectivity index (χ2n) is 9.58. The third-order valence-corrected chi connectivity index (χ3v) is 8.87. The minimum atomic E-state index is -4.20. The molecule has 10 heteroatoms. The number of carbonyl (C=O) groups is 2. The lowest BCUT2D eigenvalue weighted by Gasteiger charge is -2.34. The number of carbonyl (C=O) groups excluding carboxylic acids is 2. The fourth-order valence-electron chi connectivity index (χ4n) is 4.34. The number of benzene rings is 3. The normalized spacial score (nSPS) is 12.7. The lowest BCUT2D eigenvalue weighted by atomic mass is 10.1. The average molecular weight is 600 g/mol. The molecule has 0 aromatic heterocycles. The van der Waals surface area contributed by atoms with Gasteiger partial charge in [0.15, 0.2) is 0 Å². The predicted molar refractivity (Wildman–Crippen MR) is 163 cm³/mol. The van der Waals surface area contributed by atoms with Crippen molar-refractivity contribution in [3.05, 3.63) is 89.4 Å². The van der Waals surface area contributed by atoms with E-state index >= 15 is 0 Å². The van der Waals surface area contributed by atoms with Gasteiger partial charge in [-0.05, 0) is 62.6 Å². The molecule has 0 bridgehead atoms. The van der Waals surface area contributed by atoms with E-state index in [4.69, 9.17) is 16.3 Å². The zero-order valence-electron chi connectivity index (χ0n) is 23.9. The molecule has 3 aromatic carbocycles. The third kappa shape index (κ3) is 8.01. The van der Waals surface area contributed by atoms with Gasteiger partial charge >= 0.3 is 0 Å².